The Hall–Kier alpha value is -1.55. The van der Waals surface area contributed by atoms with E-state index < -0.39 is 105 Å². The molecule has 1 aliphatic carbocycles. The van der Waals surface area contributed by atoms with Gasteiger partial charge in [0, 0.05) is 26.2 Å². The van der Waals surface area contributed by atoms with E-state index in [4.69, 9.17) is 18.9 Å². The molecule has 1 fully saturated rings. The number of ether oxygens (including phenoxy) is 6. The van der Waals surface area contributed by atoms with Crippen molar-refractivity contribution in [2.24, 2.45) is 0 Å². The first kappa shape index (κ1) is 46.5. The summed E-state index contributed by atoms with van der Waals surface area (Å²) in [7, 11) is 0. The van der Waals surface area contributed by atoms with Gasteiger partial charge in [0.1, 0.15) is 5.60 Å². The predicted octanol–water partition coefficient (Wildman–Crippen LogP) is 8.32. The molecule has 4 unspecified atom stereocenters. The third-order valence-corrected chi connectivity index (χ3v) is 7.20. The summed E-state index contributed by atoms with van der Waals surface area (Å²) in [5, 5.41) is 0. The molecule has 0 aromatic heterocycles. The number of hydrogen-bond donors (Lipinski definition) is 0. The summed E-state index contributed by atoms with van der Waals surface area (Å²) in [6, 6.07) is 0. The third-order valence-electron chi connectivity index (χ3n) is 7.20. The molecule has 0 saturated heterocycles. The van der Waals surface area contributed by atoms with Crippen molar-refractivity contribution in [1.29, 1.82) is 0 Å². The van der Waals surface area contributed by atoms with Crippen molar-refractivity contribution < 1.29 is 94.7 Å². The number of carbonyl (C=O) groups is 1. The summed E-state index contributed by atoms with van der Waals surface area (Å²) in [5.74, 6) is -11.0. The van der Waals surface area contributed by atoms with Gasteiger partial charge in [0.05, 0.1) is 38.3 Å². The lowest BCUT2D eigenvalue weighted by atomic mass is 9.81. The molecular weight excluding hydrogens is 726 g/mol. The standard InChI is InChI=1S/C29H42F14O7/c1-23(2,49-13-7-6-12-46-21-22(28(39,40)27(21,37)38)48-16-10-26(34,35)36)17-18(30)45-11-5-8-14-50-24(3,4)19(44)20(29(41,42)43)47-15-9-25(31,32)33/h18,20-22H,5-17H2,1-4H3. The number of hydrogen-bond acceptors (Lipinski definition) is 7. The van der Waals surface area contributed by atoms with Crippen LogP contribution in [0.1, 0.15) is 72.6 Å². The highest BCUT2D eigenvalue weighted by atomic mass is 19.4. The molecule has 1 rings (SSSR count). The molecule has 7 nitrogen and oxygen atoms in total. The van der Waals surface area contributed by atoms with Crippen molar-refractivity contribution >= 4 is 5.78 Å². The van der Waals surface area contributed by atoms with E-state index in [1.807, 2.05) is 0 Å². The maximum Gasteiger partial charge on any atom is 0.421 e. The zero-order valence-electron chi connectivity index (χ0n) is 27.7. The van der Waals surface area contributed by atoms with Gasteiger partial charge in [0.2, 0.25) is 18.2 Å². The summed E-state index contributed by atoms with van der Waals surface area (Å²) in [4.78, 5) is 12.4. The van der Waals surface area contributed by atoms with Gasteiger partial charge in [0.25, 0.3) is 0 Å². The highest BCUT2D eigenvalue weighted by Gasteiger charge is 2.80. The summed E-state index contributed by atoms with van der Waals surface area (Å²) < 4.78 is 212. The van der Waals surface area contributed by atoms with E-state index in [0.29, 0.717) is 0 Å². The van der Waals surface area contributed by atoms with Gasteiger partial charge >= 0.3 is 30.4 Å². The number of halogens is 14. The Morgan fingerprint density at radius 1 is 0.620 bits per heavy atom. The van der Waals surface area contributed by atoms with E-state index in [1.165, 1.54) is 13.8 Å². The zero-order valence-corrected chi connectivity index (χ0v) is 27.7. The Morgan fingerprint density at radius 3 is 1.56 bits per heavy atom. The normalized spacial score (nSPS) is 21.2. The Bertz CT molecular complexity index is 1020. The van der Waals surface area contributed by atoms with E-state index in [9.17, 15) is 66.3 Å². The Balaban J connectivity index is 2.33. The van der Waals surface area contributed by atoms with E-state index in [1.54, 1.807) is 0 Å². The number of carbonyl (C=O) groups excluding carboxylic acids is 1. The Morgan fingerprint density at radius 2 is 1.06 bits per heavy atom. The summed E-state index contributed by atoms with van der Waals surface area (Å²) in [5.41, 5.74) is -3.19. The maximum atomic E-state index is 14.4. The molecule has 21 heteroatoms. The van der Waals surface area contributed by atoms with Crippen molar-refractivity contribution in [2.45, 2.75) is 139 Å². The summed E-state index contributed by atoms with van der Waals surface area (Å²) in [6.07, 6.45) is -28.0. The minimum absolute atomic E-state index is 0.0193. The lowest BCUT2D eigenvalue weighted by Gasteiger charge is -2.49. The van der Waals surface area contributed by atoms with Crippen LogP contribution in [0.3, 0.4) is 0 Å². The Kier molecular flexibility index (Phi) is 17.2. The third kappa shape index (κ3) is 15.6. The first-order valence-corrected chi connectivity index (χ1v) is 15.4. The number of unbranched alkanes of at least 4 members (excludes halogenated alkanes) is 2. The van der Waals surface area contributed by atoms with Gasteiger partial charge in [0.15, 0.2) is 12.2 Å². The lowest BCUT2D eigenvalue weighted by Crippen LogP contribution is -2.75. The van der Waals surface area contributed by atoms with Gasteiger partial charge < -0.3 is 28.4 Å². The zero-order chi connectivity index (χ0) is 38.8. The van der Waals surface area contributed by atoms with Crippen LogP contribution < -0.4 is 0 Å². The number of rotatable bonds is 24. The molecule has 0 aromatic carbocycles. The van der Waals surface area contributed by atoms with Crippen LogP contribution in [0.4, 0.5) is 61.5 Å². The average molecular weight is 769 g/mol. The van der Waals surface area contributed by atoms with Crippen molar-refractivity contribution in [3.8, 4) is 0 Å². The number of alkyl halides is 14. The van der Waals surface area contributed by atoms with Gasteiger partial charge in [-0.25, -0.2) is 4.39 Å². The monoisotopic (exact) mass is 768 g/mol. The molecule has 0 aromatic rings. The highest BCUT2D eigenvalue weighted by Crippen LogP contribution is 2.54. The lowest BCUT2D eigenvalue weighted by molar-refractivity contribution is -0.400. The molecule has 0 spiro atoms. The first-order chi connectivity index (χ1) is 22.5. The van der Waals surface area contributed by atoms with Gasteiger partial charge in [-0.15, -0.1) is 0 Å². The van der Waals surface area contributed by atoms with E-state index in [0.717, 1.165) is 13.8 Å². The minimum atomic E-state index is -5.29. The molecule has 298 valence electrons. The molecule has 50 heavy (non-hydrogen) atoms. The van der Waals surface area contributed by atoms with Crippen molar-refractivity contribution in [1.82, 2.24) is 0 Å². The fourth-order valence-electron chi connectivity index (χ4n) is 4.36. The van der Waals surface area contributed by atoms with Crippen LogP contribution in [0, 0.1) is 0 Å². The molecule has 0 heterocycles. The van der Waals surface area contributed by atoms with Crippen LogP contribution in [0.5, 0.6) is 0 Å². The first-order valence-electron chi connectivity index (χ1n) is 15.4. The van der Waals surface area contributed by atoms with Crippen LogP contribution in [0.2, 0.25) is 0 Å². The topological polar surface area (TPSA) is 72.5 Å². The fraction of sp³-hybridized carbons (Fsp3) is 0.966. The molecule has 0 bridgehead atoms. The minimum Gasteiger partial charge on any atom is -0.375 e. The van der Waals surface area contributed by atoms with Crippen molar-refractivity contribution in [2.75, 3.05) is 39.6 Å². The fourth-order valence-corrected chi connectivity index (χ4v) is 4.36. The number of Topliss-reactive ketones (excluding diaryl/α,β-unsaturated/α-hetero) is 1. The molecule has 0 aliphatic heterocycles. The van der Waals surface area contributed by atoms with Gasteiger partial charge in [-0.1, -0.05) is 0 Å². The second-order valence-electron chi connectivity index (χ2n) is 12.6. The van der Waals surface area contributed by atoms with Gasteiger partial charge in [-0.05, 0) is 53.4 Å². The van der Waals surface area contributed by atoms with Crippen molar-refractivity contribution in [3.63, 3.8) is 0 Å². The molecule has 1 saturated carbocycles. The largest absolute Gasteiger partial charge is 0.421 e. The van der Waals surface area contributed by atoms with Crippen LogP contribution >= 0.6 is 0 Å². The van der Waals surface area contributed by atoms with Crippen LogP contribution in [-0.2, 0) is 33.2 Å². The predicted molar refractivity (Wildman–Crippen MR) is 146 cm³/mol. The van der Waals surface area contributed by atoms with Gasteiger partial charge in [-0.3, -0.25) is 4.79 Å². The summed E-state index contributed by atoms with van der Waals surface area (Å²) in [6.45, 7) is 1.40. The van der Waals surface area contributed by atoms with E-state index >= 15 is 0 Å². The maximum absolute atomic E-state index is 14.4. The highest BCUT2D eigenvalue weighted by molar-refractivity contribution is 5.91. The van der Waals surface area contributed by atoms with Crippen LogP contribution in [0.25, 0.3) is 0 Å². The van der Waals surface area contributed by atoms with E-state index in [-0.39, 0.29) is 51.9 Å². The smallest absolute Gasteiger partial charge is 0.375 e. The quantitative estimate of drug-likeness (QED) is 0.0723. The molecular formula is C29H42F14O7. The van der Waals surface area contributed by atoms with Crippen LogP contribution in [-0.4, -0.2) is 112 Å². The van der Waals surface area contributed by atoms with E-state index in [2.05, 4.69) is 9.47 Å². The molecule has 0 radical (unpaired) electrons. The molecule has 4 atom stereocenters. The second-order valence-corrected chi connectivity index (χ2v) is 12.6. The second kappa shape index (κ2) is 18.5. The molecule has 1 aliphatic rings. The average Bonchev–Trinajstić information content (AvgIpc) is 2.92. The SMILES string of the molecule is CC(C)(CC(F)OCCCCOC(C)(C)C(=O)C(OCCC(F)(F)F)C(F)(F)F)OCCCCOC1C(OCCC(F)(F)F)C(F)(F)C1(F)F. The summed E-state index contributed by atoms with van der Waals surface area (Å²) >= 11 is 0. The van der Waals surface area contributed by atoms with Crippen molar-refractivity contribution in [3.05, 3.63) is 0 Å². The van der Waals surface area contributed by atoms with Gasteiger partial charge in [-0.2, -0.15) is 57.1 Å². The Labute approximate surface area is 279 Å². The molecule has 0 amide bonds. The number of ketones is 1. The van der Waals surface area contributed by atoms with Crippen LogP contribution in [0.15, 0.2) is 0 Å². The molecule has 0 N–H and O–H groups in total.